The normalized spacial score (nSPS) is 11.2. The van der Waals surface area contributed by atoms with Gasteiger partial charge in [0.25, 0.3) is 11.6 Å². The Hall–Kier alpha value is -4.70. The number of nitriles is 1. The molecule has 7 heteroatoms. The molecule has 0 aliphatic carbocycles. The standard InChI is InChI=1S/C28H24N4O3/c29-18-23(28(33)30-15-7-11-21-8-2-1-3-9-21)17-24-20-31(27-14-5-4-13-26(24)27)19-22-10-6-12-25(16-22)32(34)35/h1-6,8-10,12-14,16-17,20H,7,11,15,19H2,(H,30,33)/b23-17-. The van der Waals surface area contributed by atoms with Crippen LogP contribution in [0.4, 0.5) is 5.69 Å². The van der Waals surface area contributed by atoms with E-state index in [-0.39, 0.29) is 11.3 Å². The number of aromatic nitrogens is 1. The third-order valence-corrected chi connectivity index (χ3v) is 5.73. The van der Waals surface area contributed by atoms with Crippen LogP contribution in [0.5, 0.6) is 0 Å². The molecule has 4 aromatic rings. The SMILES string of the molecule is N#C/C(=C/c1cn(Cc2cccc([N+](=O)[O-])c2)c2ccccc12)C(=O)NCCCc1ccccc1. The van der Waals surface area contributed by atoms with Crippen LogP contribution < -0.4 is 5.32 Å². The molecule has 1 N–H and O–H groups in total. The molecule has 3 aromatic carbocycles. The highest BCUT2D eigenvalue weighted by atomic mass is 16.6. The predicted molar refractivity (Wildman–Crippen MR) is 135 cm³/mol. The average molecular weight is 465 g/mol. The lowest BCUT2D eigenvalue weighted by Crippen LogP contribution is -2.25. The van der Waals surface area contributed by atoms with Crippen molar-refractivity contribution in [3.05, 3.63) is 117 Å². The first-order chi connectivity index (χ1) is 17.0. The molecule has 1 amide bonds. The van der Waals surface area contributed by atoms with E-state index in [2.05, 4.69) is 5.32 Å². The number of hydrogen-bond donors (Lipinski definition) is 1. The summed E-state index contributed by atoms with van der Waals surface area (Å²) in [5.74, 6) is -0.406. The summed E-state index contributed by atoms with van der Waals surface area (Å²) < 4.78 is 1.97. The third kappa shape index (κ3) is 5.81. The quantitative estimate of drug-likeness (QED) is 0.120. The molecule has 0 unspecified atom stereocenters. The zero-order chi connectivity index (χ0) is 24.6. The summed E-state index contributed by atoms with van der Waals surface area (Å²) in [5.41, 5.74) is 3.70. The van der Waals surface area contributed by atoms with Gasteiger partial charge in [-0.2, -0.15) is 5.26 Å². The van der Waals surface area contributed by atoms with Gasteiger partial charge < -0.3 is 9.88 Å². The maximum absolute atomic E-state index is 12.7. The number of nitrogens with one attached hydrogen (secondary N) is 1. The van der Waals surface area contributed by atoms with Crippen molar-refractivity contribution in [2.45, 2.75) is 19.4 Å². The fourth-order valence-electron chi connectivity index (χ4n) is 4.02. The van der Waals surface area contributed by atoms with Crippen molar-refractivity contribution < 1.29 is 9.72 Å². The number of non-ortho nitro benzene ring substituents is 1. The van der Waals surface area contributed by atoms with Crippen LogP contribution >= 0.6 is 0 Å². The molecule has 0 aliphatic heterocycles. The van der Waals surface area contributed by atoms with Gasteiger partial charge in [-0.05, 0) is 36.1 Å². The van der Waals surface area contributed by atoms with Crippen LogP contribution in [0, 0.1) is 21.4 Å². The van der Waals surface area contributed by atoms with E-state index in [1.165, 1.54) is 11.6 Å². The van der Waals surface area contributed by atoms with Crippen LogP contribution in [-0.4, -0.2) is 21.9 Å². The Morgan fingerprint density at radius 1 is 1.03 bits per heavy atom. The molecule has 0 saturated carbocycles. The van der Waals surface area contributed by atoms with Gasteiger partial charge in [-0.1, -0.05) is 60.7 Å². The number of aryl methyl sites for hydroxylation is 1. The molecule has 0 bridgehead atoms. The molecule has 1 heterocycles. The van der Waals surface area contributed by atoms with Gasteiger partial charge in [0.05, 0.1) is 4.92 Å². The molecule has 0 radical (unpaired) electrons. The van der Waals surface area contributed by atoms with E-state index >= 15 is 0 Å². The molecule has 0 atom stereocenters. The minimum atomic E-state index is -0.414. The van der Waals surface area contributed by atoms with Crippen molar-refractivity contribution in [3.8, 4) is 6.07 Å². The first-order valence-electron chi connectivity index (χ1n) is 11.3. The minimum absolute atomic E-state index is 0.0305. The van der Waals surface area contributed by atoms with Crippen LogP contribution in [0.15, 0.2) is 90.6 Å². The zero-order valence-electron chi connectivity index (χ0n) is 19.1. The van der Waals surface area contributed by atoms with Crippen LogP contribution in [-0.2, 0) is 17.8 Å². The number of rotatable bonds is 9. The summed E-state index contributed by atoms with van der Waals surface area (Å²) in [5, 5.41) is 24.5. The van der Waals surface area contributed by atoms with Gasteiger partial charge >= 0.3 is 0 Å². The van der Waals surface area contributed by atoms with Crippen molar-refractivity contribution in [1.29, 1.82) is 5.26 Å². The largest absolute Gasteiger partial charge is 0.351 e. The van der Waals surface area contributed by atoms with Gasteiger partial charge in [0, 0.05) is 47.9 Å². The monoisotopic (exact) mass is 464 g/mol. The second-order valence-electron chi connectivity index (χ2n) is 8.17. The number of hydrogen-bond acceptors (Lipinski definition) is 4. The van der Waals surface area contributed by atoms with E-state index in [4.69, 9.17) is 0 Å². The lowest BCUT2D eigenvalue weighted by Gasteiger charge is -2.05. The second kappa shape index (κ2) is 10.9. The number of fused-ring (bicyclic) bond motifs is 1. The van der Waals surface area contributed by atoms with Crippen molar-refractivity contribution in [3.63, 3.8) is 0 Å². The molecule has 0 saturated heterocycles. The molecule has 0 fully saturated rings. The van der Waals surface area contributed by atoms with Gasteiger partial charge in [0.1, 0.15) is 11.6 Å². The summed E-state index contributed by atoms with van der Waals surface area (Å²) >= 11 is 0. The molecule has 174 valence electrons. The van der Waals surface area contributed by atoms with Gasteiger partial charge in [-0.25, -0.2) is 0 Å². The van der Waals surface area contributed by atoms with E-state index < -0.39 is 10.8 Å². The summed E-state index contributed by atoms with van der Waals surface area (Å²) in [6, 6.07) is 26.2. The number of nitro groups is 1. The van der Waals surface area contributed by atoms with Gasteiger partial charge in [-0.15, -0.1) is 0 Å². The molecular weight excluding hydrogens is 440 g/mol. The Kier molecular flexibility index (Phi) is 7.34. The molecule has 0 spiro atoms. The van der Waals surface area contributed by atoms with E-state index in [0.717, 1.165) is 34.9 Å². The molecule has 1 aromatic heterocycles. The van der Waals surface area contributed by atoms with Crippen LogP contribution in [0.1, 0.15) is 23.1 Å². The number of carbonyl (C=O) groups excluding carboxylic acids is 1. The highest BCUT2D eigenvalue weighted by molar-refractivity contribution is 6.04. The smallest absolute Gasteiger partial charge is 0.269 e. The van der Waals surface area contributed by atoms with Crippen molar-refractivity contribution in [1.82, 2.24) is 9.88 Å². The number of carbonyl (C=O) groups is 1. The Bertz CT molecular complexity index is 1430. The lowest BCUT2D eigenvalue weighted by atomic mass is 10.1. The van der Waals surface area contributed by atoms with E-state index in [1.807, 2.05) is 77.5 Å². The Morgan fingerprint density at radius 3 is 2.54 bits per heavy atom. The topological polar surface area (TPSA) is 101 Å². The highest BCUT2D eigenvalue weighted by Gasteiger charge is 2.13. The van der Waals surface area contributed by atoms with Crippen molar-refractivity contribution in [2.75, 3.05) is 6.54 Å². The molecule has 0 aliphatic rings. The van der Waals surface area contributed by atoms with Crippen molar-refractivity contribution in [2.24, 2.45) is 0 Å². The maximum Gasteiger partial charge on any atom is 0.269 e. The minimum Gasteiger partial charge on any atom is -0.351 e. The maximum atomic E-state index is 12.7. The van der Waals surface area contributed by atoms with Gasteiger partial charge in [-0.3, -0.25) is 14.9 Å². The Labute approximate surface area is 203 Å². The van der Waals surface area contributed by atoms with Crippen LogP contribution in [0.3, 0.4) is 0 Å². The van der Waals surface area contributed by atoms with E-state index in [9.17, 15) is 20.2 Å². The Morgan fingerprint density at radius 2 is 1.77 bits per heavy atom. The number of para-hydroxylation sites is 1. The second-order valence-corrected chi connectivity index (χ2v) is 8.17. The molecule has 35 heavy (non-hydrogen) atoms. The fraction of sp³-hybridized carbons (Fsp3) is 0.143. The summed E-state index contributed by atoms with van der Waals surface area (Å²) in [4.78, 5) is 23.4. The number of benzene rings is 3. The molecule has 7 nitrogen and oxygen atoms in total. The number of nitrogens with zero attached hydrogens (tertiary/aromatic N) is 3. The van der Waals surface area contributed by atoms with E-state index in [1.54, 1.807) is 18.2 Å². The highest BCUT2D eigenvalue weighted by Crippen LogP contribution is 2.25. The lowest BCUT2D eigenvalue weighted by molar-refractivity contribution is -0.384. The van der Waals surface area contributed by atoms with Gasteiger partial charge in [0.15, 0.2) is 0 Å². The molecule has 4 rings (SSSR count). The van der Waals surface area contributed by atoms with Crippen LogP contribution in [0.2, 0.25) is 0 Å². The van der Waals surface area contributed by atoms with Crippen LogP contribution in [0.25, 0.3) is 17.0 Å². The summed E-state index contributed by atoms with van der Waals surface area (Å²) in [6.45, 7) is 0.894. The predicted octanol–water partition coefficient (Wildman–Crippen LogP) is 5.25. The van der Waals surface area contributed by atoms with E-state index in [0.29, 0.717) is 13.1 Å². The third-order valence-electron chi connectivity index (χ3n) is 5.73. The summed E-state index contributed by atoms with van der Waals surface area (Å²) in [6.07, 6.45) is 5.08. The summed E-state index contributed by atoms with van der Waals surface area (Å²) in [7, 11) is 0. The first-order valence-corrected chi connectivity index (χ1v) is 11.3. The average Bonchev–Trinajstić information content (AvgIpc) is 3.22. The van der Waals surface area contributed by atoms with Crippen molar-refractivity contribution >= 4 is 28.6 Å². The fourth-order valence-corrected chi connectivity index (χ4v) is 4.02. The zero-order valence-corrected chi connectivity index (χ0v) is 19.1. The Balaban J connectivity index is 1.51. The molecular formula is C28H24N4O3. The number of amides is 1. The van der Waals surface area contributed by atoms with Gasteiger partial charge in [0.2, 0.25) is 0 Å². The number of nitro benzene ring substituents is 1. The first kappa shape index (κ1) is 23.5.